The van der Waals surface area contributed by atoms with Crippen LogP contribution in [-0.2, 0) is 0 Å². The summed E-state index contributed by atoms with van der Waals surface area (Å²) in [5, 5.41) is 7.11. The molecule has 22 heavy (non-hydrogen) atoms. The molecule has 5 heteroatoms. The molecular formula is C17H14IN3O. The lowest BCUT2D eigenvalue weighted by molar-refractivity contribution is 0.102. The number of amides is 1. The zero-order chi connectivity index (χ0) is 15.5. The van der Waals surface area contributed by atoms with Gasteiger partial charge in [-0.15, -0.1) is 0 Å². The van der Waals surface area contributed by atoms with Gasteiger partial charge in [0.15, 0.2) is 0 Å². The molecule has 110 valence electrons. The van der Waals surface area contributed by atoms with Crippen LogP contribution in [0.2, 0.25) is 0 Å². The van der Waals surface area contributed by atoms with E-state index in [1.165, 1.54) is 0 Å². The molecule has 1 aromatic heterocycles. The summed E-state index contributed by atoms with van der Waals surface area (Å²) < 4.78 is 2.90. The van der Waals surface area contributed by atoms with Crippen molar-refractivity contribution in [3.8, 4) is 5.69 Å². The number of aromatic nitrogens is 2. The number of benzene rings is 2. The first-order chi connectivity index (χ1) is 10.6. The van der Waals surface area contributed by atoms with E-state index in [9.17, 15) is 4.79 Å². The SMILES string of the molecule is Cc1cc(I)ccc1NC(=O)c1ccc(-n2cccn2)cc1. The number of hydrogen-bond acceptors (Lipinski definition) is 2. The Hall–Kier alpha value is -2.15. The number of nitrogens with one attached hydrogen (secondary N) is 1. The van der Waals surface area contributed by atoms with Crippen molar-refractivity contribution in [2.45, 2.75) is 6.92 Å². The number of carbonyl (C=O) groups excluding carboxylic acids is 1. The summed E-state index contributed by atoms with van der Waals surface area (Å²) in [7, 11) is 0. The molecule has 1 amide bonds. The molecule has 3 aromatic rings. The molecule has 0 radical (unpaired) electrons. The van der Waals surface area contributed by atoms with E-state index in [-0.39, 0.29) is 5.91 Å². The highest BCUT2D eigenvalue weighted by Gasteiger charge is 2.08. The summed E-state index contributed by atoms with van der Waals surface area (Å²) in [6.45, 7) is 1.98. The lowest BCUT2D eigenvalue weighted by atomic mass is 10.1. The Morgan fingerprint density at radius 1 is 1.18 bits per heavy atom. The van der Waals surface area contributed by atoms with Gasteiger partial charge in [0.2, 0.25) is 0 Å². The van der Waals surface area contributed by atoms with E-state index in [1.54, 1.807) is 23.0 Å². The zero-order valence-electron chi connectivity index (χ0n) is 12.0. The standard InChI is InChI=1S/C17H14IN3O/c1-12-11-14(18)5-8-16(12)20-17(22)13-3-6-15(7-4-13)21-10-2-9-19-21/h2-11H,1H3,(H,20,22). The van der Waals surface area contributed by atoms with Crippen molar-refractivity contribution in [3.05, 3.63) is 75.6 Å². The predicted molar refractivity (Wildman–Crippen MR) is 95.4 cm³/mol. The third-order valence-corrected chi connectivity index (χ3v) is 4.01. The van der Waals surface area contributed by atoms with Crippen LogP contribution in [0.4, 0.5) is 5.69 Å². The van der Waals surface area contributed by atoms with Gasteiger partial charge in [0.25, 0.3) is 5.91 Å². The molecule has 0 bridgehead atoms. The second-order valence-electron chi connectivity index (χ2n) is 4.91. The molecule has 1 heterocycles. The highest BCUT2D eigenvalue weighted by molar-refractivity contribution is 14.1. The van der Waals surface area contributed by atoms with Crippen LogP contribution in [0.25, 0.3) is 5.69 Å². The van der Waals surface area contributed by atoms with Gasteiger partial charge < -0.3 is 5.32 Å². The van der Waals surface area contributed by atoms with E-state index in [2.05, 4.69) is 33.0 Å². The summed E-state index contributed by atoms with van der Waals surface area (Å²) >= 11 is 2.25. The topological polar surface area (TPSA) is 46.9 Å². The van der Waals surface area contributed by atoms with Gasteiger partial charge in [-0.1, -0.05) is 0 Å². The van der Waals surface area contributed by atoms with Crippen LogP contribution in [0.15, 0.2) is 60.9 Å². The molecule has 3 rings (SSSR count). The number of hydrogen-bond donors (Lipinski definition) is 1. The largest absolute Gasteiger partial charge is 0.322 e. The van der Waals surface area contributed by atoms with Gasteiger partial charge in [-0.05, 0) is 83.6 Å². The quantitative estimate of drug-likeness (QED) is 0.672. The molecule has 0 aliphatic heterocycles. The maximum atomic E-state index is 12.3. The minimum atomic E-state index is -0.115. The van der Waals surface area contributed by atoms with Crippen LogP contribution in [0.3, 0.4) is 0 Å². The van der Waals surface area contributed by atoms with E-state index in [4.69, 9.17) is 0 Å². The Morgan fingerprint density at radius 2 is 1.95 bits per heavy atom. The number of rotatable bonds is 3. The van der Waals surface area contributed by atoms with Gasteiger partial charge in [0.1, 0.15) is 0 Å². The van der Waals surface area contributed by atoms with Gasteiger partial charge in [-0.3, -0.25) is 4.79 Å². The van der Waals surface area contributed by atoms with Gasteiger partial charge in [0.05, 0.1) is 5.69 Å². The van der Waals surface area contributed by atoms with E-state index in [0.717, 1.165) is 20.5 Å². The van der Waals surface area contributed by atoms with Crippen LogP contribution in [0, 0.1) is 10.5 Å². The average Bonchev–Trinajstić information content (AvgIpc) is 3.04. The van der Waals surface area contributed by atoms with Gasteiger partial charge in [-0.25, -0.2) is 4.68 Å². The van der Waals surface area contributed by atoms with Gasteiger partial charge in [0, 0.05) is 27.2 Å². The van der Waals surface area contributed by atoms with E-state index < -0.39 is 0 Å². The number of aryl methyl sites for hydroxylation is 1. The molecule has 0 saturated heterocycles. The van der Waals surface area contributed by atoms with Crippen LogP contribution < -0.4 is 5.32 Å². The lowest BCUT2D eigenvalue weighted by Crippen LogP contribution is -2.13. The minimum Gasteiger partial charge on any atom is -0.322 e. The Morgan fingerprint density at radius 3 is 2.59 bits per heavy atom. The third kappa shape index (κ3) is 3.19. The van der Waals surface area contributed by atoms with Crippen LogP contribution in [0.5, 0.6) is 0 Å². The van der Waals surface area contributed by atoms with Crippen LogP contribution in [-0.4, -0.2) is 15.7 Å². The molecule has 0 aliphatic carbocycles. The second-order valence-corrected chi connectivity index (χ2v) is 6.16. The maximum absolute atomic E-state index is 12.3. The second kappa shape index (κ2) is 6.31. The Bertz CT molecular complexity index is 795. The van der Waals surface area contributed by atoms with Crippen molar-refractivity contribution in [1.82, 2.24) is 9.78 Å². The van der Waals surface area contributed by atoms with Crippen LogP contribution in [0.1, 0.15) is 15.9 Å². The summed E-state index contributed by atoms with van der Waals surface area (Å²) in [6, 6.07) is 15.2. The number of carbonyl (C=O) groups is 1. The fraction of sp³-hybridized carbons (Fsp3) is 0.0588. The summed E-state index contributed by atoms with van der Waals surface area (Å²) in [5.41, 5.74) is 3.43. The first-order valence-electron chi connectivity index (χ1n) is 6.81. The summed E-state index contributed by atoms with van der Waals surface area (Å²) in [6.07, 6.45) is 3.59. The third-order valence-electron chi connectivity index (χ3n) is 3.34. The van der Waals surface area contributed by atoms with Crippen molar-refractivity contribution in [2.75, 3.05) is 5.32 Å². The summed E-state index contributed by atoms with van der Waals surface area (Å²) in [5.74, 6) is -0.115. The Balaban J connectivity index is 1.77. The fourth-order valence-corrected chi connectivity index (χ4v) is 2.80. The van der Waals surface area contributed by atoms with E-state index in [1.807, 2.05) is 49.5 Å². The molecule has 1 N–H and O–H groups in total. The molecule has 0 unspecified atom stereocenters. The van der Waals surface area contributed by atoms with Crippen molar-refractivity contribution in [3.63, 3.8) is 0 Å². The van der Waals surface area contributed by atoms with Crippen molar-refractivity contribution >= 4 is 34.2 Å². The monoisotopic (exact) mass is 403 g/mol. The molecule has 0 atom stereocenters. The first-order valence-corrected chi connectivity index (χ1v) is 7.89. The minimum absolute atomic E-state index is 0.115. The summed E-state index contributed by atoms with van der Waals surface area (Å²) in [4.78, 5) is 12.3. The lowest BCUT2D eigenvalue weighted by Gasteiger charge is -2.09. The molecule has 0 spiro atoms. The normalized spacial score (nSPS) is 10.5. The molecule has 2 aromatic carbocycles. The highest BCUT2D eigenvalue weighted by Crippen LogP contribution is 2.19. The van der Waals surface area contributed by atoms with Crippen molar-refractivity contribution in [2.24, 2.45) is 0 Å². The predicted octanol–water partition coefficient (Wildman–Crippen LogP) is 4.04. The molecular weight excluding hydrogens is 389 g/mol. The zero-order valence-corrected chi connectivity index (χ0v) is 14.1. The van der Waals surface area contributed by atoms with Crippen molar-refractivity contribution < 1.29 is 4.79 Å². The molecule has 0 fully saturated rings. The van der Waals surface area contributed by atoms with Crippen molar-refractivity contribution in [1.29, 1.82) is 0 Å². The maximum Gasteiger partial charge on any atom is 0.255 e. The molecule has 4 nitrogen and oxygen atoms in total. The molecule has 0 aliphatic rings. The fourth-order valence-electron chi connectivity index (χ4n) is 2.15. The van der Waals surface area contributed by atoms with Gasteiger partial charge in [-0.2, -0.15) is 5.10 Å². The highest BCUT2D eigenvalue weighted by atomic mass is 127. The van der Waals surface area contributed by atoms with Crippen LogP contribution >= 0.6 is 22.6 Å². The number of anilines is 1. The van der Waals surface area contributed by atoms with Gasteiger partial charge >= 0.3 is 0 Å². The van der Waals surface area contributed by atoms with E-state index in [0.29, 0.717) is 5.56 Å². The molecule has 0 saturated carbocycles. The number of nitrogens with zero attached hydrogens (tertiary/aromatic N) is 2. The Kier molecular flexibility index (Phi) is 4.24. The Labute approximate surface area is 142 Å². The average molecular weight is 403 g/mol. The number of halogens is 1. The van der Waals surface area contributed by atoms with E-state index >= 15 is 0 Å². The first kappa shape index (κ1) is 14.8. The smallest absolute Gasteiger partial charge is 0.255 e.